The van der Waals surface area contributed by atoms with Gasteiger partial charge in [0.1, 0.15) is 5.25 Å². The fourth-order valence-electron chi connectivity index (χ4n) is 2.56. The summed E-state index contributed by atoms with van der Waals surface area (Å²) in [5.41, 5.74) is -5.68. The Morgan fingerprint density at radius 1 is 1.27 bits per heavy atom. The smallest absolute Gasteiger partial charge is 0.298 e. The molecule has 0 unspecified atom stereocenters. The van der Waals surface area contributed by atoms with Crippen LogP contribution in [-0.4, -0.2) is 37.5 Å². The van der Waals surface area contributed by atoms with Crippen molar-refractivity contribution in [3.05, 3.63) is 0 Å². The second-order valence-electron chi connectivity index (χ2n) is 5.58. The van der Waals surface area contributed by atoms with Crippen molar-refractivity contribution in [2.45, 2.75) is 67.2 Å². The highest BCUT2D eigenvalue weighted by atomic mass is 32.3. The monoisotopic (exact) mass is 364 g/mol. The molecule has 0 bridgehead atoms. The fourth-order valence-corrected chi connectivity index (χ4v) is 7.20. The number of carbonyl (C=O) groups excluding carboxylic acids is 1. The number of Topliss-reactive ketones (excluding diaryl/α,β-unsaturated/α-hetero) is 1. The summed E-state index contributed by atoms with van der Waals surface area (Å²) in [7, 11) is -10.7. The quantitative estimate of drug-likeness (QED) is 0.699. The van der Waals surface area contributed by atoms with E-state index in [0.717, 1.165) is 6.42 Å². The highest BCUT2D eigenvalue weighted by molar-refractivity contribution is 8.11. The van der Waals surface area contributed by atoms with Gasteiger partial charge in [-0.3, -0.25) is 4.79 Å². The molecule has 1 saturated heterocycles. The molecule has 0 aromatic carbocycles. The molecule has 0 aromatic rings. The SMILES string of the molecule is CCCCC[C@H]1C(=O)CC[C@](C)(S(=O)(=O)C(F)(F)F)S1(=O)=O. The lowest BCUT2D eigenvalue weighted by Crippen LogP contribution is -2.57. The van der Waals surface area contributed by atoms with Crippen LogP contribution >= 0.6 is 0 Å². The first-order valence-corrected chi connectivity index (χ1v) is 9.93. The van der Waals surface area contributed by atoms with Gasteiger partial charge in [-0.15, -0.1) is 0 Å². The van der Waals surface area contributed by atoms with Crippen LogP contribution in [0.25, 0.3) is 0 Å². The number of sulfone groups is 2. The second kappa shape index (κ2) is 6.10. The summed E-state index contributed by atoms with van der Waals surface area (Å²) in [6.45, 7) is 2.40. The van der Waals surface area contributed by atoms with Gasteiger partial charge in [0.2, 0.25) is 0 Å². The molecule has 0 N–H and O–H groups in total. The van der Waals surface area contributed by atoms with Gasteiger partial charge in [0.25, 0.3) is 9.84 Å². The molecule has 130 valence electrons. The molecule has 0 amide bonds. The Kier molecular flexibility index (Phi) is 5.38. The number of ketones is 1. The highest BCUT2D eigenvalue weighted by Gasteiger charge is 2.66. The molecule has 10 heteroatoms. The Labute approximate surface area is 128 Å². The Bertz CT molecular complexity index is 636. The molecule has 1 rings (SSSR count). The average Bonchev–Trinajstić information content (AvgIpc) is 2.37. The van der Waals surface area contributed by atoms with Crippen molar-refractivity contribution in [2.24, 2.45) is 0 Å². The molecule has 0 saturated carbocycles. The number of rotatable bonds is 5. The van der Waals surface area contributed by atoms with E-state index in [2.05, 4.69) is 0 Å². The van der Waals surface area contributed by atoms with Gasteiger partial charge < -0.3 is 0 Å². The van der Waals surface area contributed by atoms with Crippen LogP contribution in [-0.2, 0) is 24.5 Å². The Morgan fingerprint density at radius 2 is 1.82 bits per heavy atom. The van der Waals surface area contributed by atoms with E-state index in [1.807, 2.05) is 6.92 Å². The normalized spacial score (nSPS) is 29.5. The van der Waals surface area contributed by atoms with E-state index < -0.39 is 53.1 Å². The van der Waals surface area contributed by atoms with Gasteiger partial charge >= 0.3 is 5.51 Å². The molecule has 0 aliphatic carbocycles. The first kappa shape index (κ1) is 19.4. The van der Waals surface area contributed by atoms with Crippen molar-refractivity contribution in [2.75, 3.05) is 0 Å². The Morgan fingerprint density at radius 3 is 2.27 bits per heavy atom. The average molecular weight is 364 g/mol. The van der Waals surface area contributed by atoms with Gasteiger partial charge in [-0.05, 0) is 19.8 Å². The van der Waals surface area contributed by atoms with Crippen LogP contribution < -0.4 is 0 Å². The Balaban J connectivity index is 3.32. The maximum atomic E-state index is 12.8. The lowest BCUT2D eigenvalue weighted by Gasteiger charge is -2.36. The molecule has 1 heterocycles. The molecule has 5 nitrogen and oxygen atoms in total. The molecule has 0 aromatic heterocycles. The largest absolute Gasteiger partial charge is 0.498 e. The van der Waals surface area contributed by atoms with E-state index in [-0.39, 0.29) is 6.42 Å². The molecule has 1 fully saturated rings. The number of unbranched alkanes of at least 4 members (excludes halogenated alkanes) is 2. The maximum absolute atomic E-state index is 12.8. The summed E-state index contributed by atoms with van der Waals surface area (Å²) in [6.07, 6.45) is 0.204. The highest BCUT2D eigenvalue weighted by Crippen LogP contribution is 2.45. The van der Waals surface area contributed by atoms with Gasteiger partial charge in [0.15, 0.2) is 19.7 Å². The van der Waals surface area contributed by atoms with Gasteiger partial charge in [0, 0.05) is 6.42 Å². The molecule has 1 aliphatic heterocycles. The number of alkyl halides is 3. The molecule has 0 radical (unpaired) electrons. The van der Waals surface area contributed by atoms with E-state index in [4.69, 9.17) is 0 Å². The summed E-state index contributed by atoms with van der Waals surface area (Å²) >= 11 is 0. The van der Waals surface area contributed by atoms with Crippen LogP contribution in [0.4, 0.5) is 13.2 Å². The van der Waals surface area contributed by atoms with E-state index in [1.165, 1.54) is 0 Å². The van der Waals surface area contributed by atoms with E-state index in [1.54, 1.807) is 0 Å². The minimum atomic E-state index is -5.93. The number of hydrogen-bond acceptors (Lipinski definition) is 5. The van der Waals surface area contributed by atoms with Crippen LogP contribution in [0.2, 0.25) is 0 Å². The van der Waals surface area contributed by atoms with Crippen molar-refractivity contribution < 1.29 is 34.8 Å². The topological polar surface area (TPSA) is 85.3 Å². The van der Waals surface area contributed by atoms with E-state index in [0.29, 0.717) is 19.8 Å². The molecule has 1 aliphatic rings. The standard InChI is InChI=1S/C12H19F3O5S2/c1-3-4-5-6-10-9(16)7-8-11(2,21(10,17)18)22(19,20)12(13,14)15/h10H,3-8H2,1-2H3/t10-,11-/m0/s1. The summed E-state index contributed by atoms with van der Waals surface area (Å²) in [5, 5.41) is -1.67. The predicted molar refractivity (Wildman–Crippen MR) is 74.5 cm³/mol. The number of halogens is 3. The molecular weight excluding hydrogens is 345 g/mol. The number of carbonyl (C=O) groups is 1. The predicted octanol–water partition coefficient (Wildman–Crippen LogP) is 2.36. The van der Waals surface area contributed by atoms with Crippen molar-refractivity contribution in [1.29, 1.82) is 0 Å². The van der Waals surface area contributed by atoms with Gasteiger partial charge in [-0.2, -0.15) is 13.2 Å². The van der Waals surface area contributed by atoms with E-state index in [9.17, 15) is 34.8 Å². The second-order valence-corrected chi connectivity index (χ2v) is 10.8. The summed E-state index contributed by atoms with van der Waals surface area (Å²) < 4.78 is 83.7. The van der Waals surface area contributed by atoms with Gasteiger partial charge in [-0.25, -0.2) is 16.8 Å². The molecular formula is C12H19F3O5S2. The zero-order valence-electron chi connectivity index (χ0n) is 12.3. The van der Waals surface area contributed by atoms with Crippen molar-refractivity contribution >= 4 is 25.5 Å². The van der Waals surface area contributed by atoms with Crippen molar-refractivity contribution in [1.82, 2.24) is 0 Å². The van der Waals surface area contributed by atoms with Crippen LogP contribution in [0, 0.1) is 0 Å². The molecule has 22 heavy (non-hydrogen) atoms. The fraction of sp³-hybridized carbons (Fsp3) is 0.917. The Hall–Kier alpha value is -0.640. The first-order chi connectivity index (χ1) is 9.83. The zero-order valence-corrected chi connectivity index (χ0v) is 13.9. The maximum Gasteiger partial charge on any atom is 0.498 e. The third-order valence-electron chi connectivity index (χ3n) is 4.10. The van der Waals surface area contributed by atoms with Crippen LogP contribution in [0.15, 0.2) is 0 Å². The van der Waals surface area contributed by atoms with Gasteiger partial charge in [0.05, 0.1) is 0 Å². The molecule has 0 spiro atoms. The first-order valence-electron chi connectivity index (χ1n) is 6.90. The van der Waals surface area contributed by atoms with Crippen molar-refractivity contribution in [3.8, 4) is 0 Å². The minimum absolute atomic E-state index is 0.141. The minimum Gasteiger partial charge on any atom is -0.298 e. The van der Waals surface area contributed by atoms with Crippen LogP contribution in [0.3, 0.4) is 0 Å². The summed E-state index contributed by atoms with van der Waals surface area (Å²) in [4.78, 5) is 11.8. The summed E-state index contributed by atoms with van der Waals surface area (Å²) in [6, 6.07) is 0. The number of hydrogen-bond donors (Lipinski definition) is 0. The summed E-state index contributed by atoms with van der Waals surface area (Å²) in [5.74, 6) is -0.703. The van der Waals surface area contributed by atoms with Crippen molar-refractivity contribution in [3.63, 3.8) is 0 Å². The zero-order chi connectivity index (χ0) is 17.4. The molecule has 2 atom stereocenters. The van der Waals surface area contributed by atoms with E-state index >= 15 is 0 Å². The van der Waals surface area contributed by atoms with Crippen LogP contribution in [0.1, 0.15) is 52.4 Å². The lowest BCUT2D eigenvalue weighted by atomic mass is 10.0. The van der Waals surface area contributed by atoms with Crippen LogP contribution in [0.5, 0.6) is 0 Å². The van der Waals surface area contributed by atoms with Gasteiger partial charge in [-0.1, -0.05) is 26.2 Å². The lowest BCUT2D eigenvalue weighted by molar-refractivity contribution is -0.119. The third-order valence-corrected chi connectivity index (χ3v) is 10.1. The third kappa shape index (κ3) is 2.91.